The van der Waals surface area contributed by atoms with Crippen LogP contribution < -0.4 is 21.0 Å². The molecule has 1 aromatic heterocycles. The zero-order chi connectivity index (χ0) is 27.9. The molecule has 6 N–H and O–H groups in total. The molecule has 0 radical (unpaired) electrons. The van der Waals surface area contributed by atoms with E-state index in [1.165, 1.54) is 12.1 Å². The molecule has 2 aromatic carbocycles. The number of nitrogens with zero attached hydrogens (tertiary/aromatic N) is 2. The lowest BCUT2D eigenvalue weighted by atomic mass is 9.95. The van der Waals surface area contributed by atoms with Crippen molar-refractivity contribution < 1.29 is 42.9 Å². The normalized spacial score (nSPS) is 27.6. The Morgan fingerprint density at radius 3 is 2.68 bits per heavy atom. The number of carbonyl (C=O) groups is 1. The number of rotatable bonds is 9. The first-order chi connectivity index (χ1) is 17.8. The van der Waals surface area contributed by atoms with Crippen LogP contribution in [0.3, 0.4) is 0 Å². The number of ether oxygens (including phenoxy) is 1. The second-order valence-electron chi connectivity index (χ2n) is 8.96. The Balaban J connectivity index is 1.64. The number of aliphatic carboxylic acids is 1. The summed E-state index contributed by atoms with van der Waals surface area (Å²) in [6.45, 7) is 0.890. The minimum Gasteiger partial charge on any atom is -0.480 e. The summed E-state index contributed by atoms with van der Waals surface area (Å²) in [5.41, 5.74) is 2.09. The van der Waals surface area contributed by atoms with E-state index in [1.54, 1.807) is 36.4 Å². The number of aliphatic hydroxyl groups is 2. The van der Waals surface area contributed by atoms with Crippen LogP contribution in [0.2, 0.25) is 0 Å². The number of nitrogen functional groups attached to an aromatic ring is 1. The number of nitrogens with one attached hydrogen (secondary N) is 1. The fourth-order valence-electron chi connectivity index (χ4n) is 3.96. The summed E-state index contributed by atoms with van der Waals surface area (Å²) < 4.78 is 46.4. The minimum atomic E-state index is -4.67. The highest BCUT2D eigenvalue weighted by Crippen LogP contribution is 2.51. The van der Waals surface area contributed by atoms with Crippen molar-refractivity contribution in [1.29, 1.82) is 0 Å². The van der Waals surface area contributed by atoms with E-state index in [2.05, 4.69) is 10.1 Å². The molecule has 38 heavy (non-hydrogen) atoms. The van der Waals surface area contributed by atoms with Crippen molar-refractivity contribution in [3.63, 3.8) is 0 Å². The molecule has 0 aliphatic carbocycles. The van der Waals surface area contributed by atoms with Gasteiger partial charge in [-0.3, -0.25) is 13.9 Å². The van der Waals surface area contributed by atoms with Gasteiger partial charge < -0.3 is 30.3 Å². The van der Waals surface area contributed by atoms with Gasteiger partial charge >= 0.3 is 19.4 Å². The molecule has 15 heteroatoms. The molecule has 13 nitrogen and oxygen atoms in total. The molecule has 1 saturated heterocycles. The van der Waals surface area contributed by atoms with Gasteiger partial charge in [0.15, 0.2) is 6.23 Å². The Kier molecular flexibility index (Phi) is 7.32. The van der Waals surface area contributed by atoms with E-state index in [0.717, 1.165) is 24.6 Å². The van der Waals surface area contributed by atoms with Crippen LogP contribution in [0, 0.1) is 0 Å². The zero-order valence-corrected chi connectivity index (χ0v) is 21.1. The number of hydrogen-bond acceptors (Lipinski definition) is 10. The number of hydrogen-bond donors (Lipinski definition) is 5. The van der Waals surface area contributed by atoms with Crippen molar-refractivity contribution in [3.8, 4) is 5.75 Å². The summed E-state index contributed by atoms with van der Waals surface area (Å²) in [6.07, 6.45) is -3.00. The highest BCUT2D eigenvalue weighted by molar-refractivity contribution is 7.52. The van der Waals surface area contributed by atoms with Crippen molar-refractivity contribution in [2.45, 2.75) is 43.7 Å². The molecule has 6 atom stereocenters. The van der Waals surface area contributed by atoms with E-state index < -0.39 is 55.8 Å². The topological polar surface area (TPSA) is 195 Å². The lowest BCUT2D eigenvalue weighted by Crippen LogP contribution is -2.50. The Bertz CT molecular complexity index is 1460. The average Bonchev–Trinajstić information content (AvgIpc) is 3.03. The van der Waals surface area contributed by atoms with Gasteiger partial charge in [0.2, 0.25) is 0 Å². The van der Waals surface area contributed by atoms with Gasteiger partial charge in [-0.05, 0) is 31.4 Å². The van der Waals surface area contributed by atoms with Crippen LogP contribution in [-0.4, -0.2) is 61.0 Å². The molecule has 0 bridgehead atoms. The number of halogens is 1. The maximum absolute atomic E-state index is 15.9. The minimum absolute atomic E-state index is 0.0432. The summed E-state index contributed by atoms with van der Waals surface area (Å²) >= 11 is 0. The van der Waals surface area contributed by atoms with Crippen molar-refractivity contribution >= 4 is 30.3 Å². The van der Waals surface area contributed by atoms with Crippen molar-refractivity contribution in [3.05, 3.63) is 65.2 Å². The summed E-state index contributed by atoms with van der Waals surface area (Å²) in [4.78, 5) is 27.2. The molecule has 2 heterocycles. The third kappa shape index (κ3) is 5.27. The average molecular weight is 552 g/mol. The summed E-state index contributed by atoms with van der Waals surface area (Å²) in [5, 5.41) is 34.2. The molecule has 1 fully saturated rings. The maximum Gasteiger partial charge on any atom is 0.459 e. The predicted octanol–water partition coefficient (Wildman–Crippen LogP) is 1.55. The van der Waals surface area contributed by atoms with Crippen LogP contribution in [-0.2, 0) is 18.6 Å². The molecule has 1 unspecified atom stereocenters. The third-order valence-electron chi connectivity index (χ3n) is 6.00. The van der Waals surface area contributed by atoms with Gasteiger partial charge in [0.25, 0.3) is 5.85 Å². The summed E-state index contributed by atoms with van der Waals surface area (Å²) in [5.74, 6) is -4.72. The van der Waals surface area contributed by atoms with Gasteiger partial charge in [-0.1, -0.05) is 36.4 Å². The third-order valence-corrected chi connectivity index (χ3v) is 7.60. The van der Waals surface area contributed by atoms with Gasteiger partial charge in [0.05, 0.1) is 0 Å². The van der Waals surface area contributed by atoms with Gasteiger partial charge in [0.1, 0.15) is 35.9 Å². The standard InChI is InChI=1S/C23H26FN4O9P/c1-13(18(29)30)27-38(34,37-16-9-5-7-14-6-3-4-8-15(14)16)35-12-23(24)19(31)22(2,33)20(36-23)28-11-10-17(25)26-21(28)32/h3-11,13,19-20,31,33H,12H2,1-2H3,(H,27,34)(H,29,30)(H2,25,26,32)/t13-,19-,20+,22+,23+,38?/m0/s1. The van der Waals surface area contributed by atoms with Crippen LogP contribution in [0.25, 0.3) is 10.8 Å². The van der Waals surface area contributed by atoms with E-state index in [9.17, 15) is 29.5 Å². The van der Waals surface area contributed by atoms with Crippen molar-refractivity contribution in [1.82, 2.24) is 14.6 Å². The number of carboxylic acid groups (broad SMARTS) is 1. The zero-order valence-electron chi connectivity index (χ0n) is 20.2. The number of anilines is 1. The fraction of sp³-hybridized carbons (Fsp3) is 0.348. The van der Waals surface area contributed by atoms with Gasteiger partial charge in [-0.25, -0.2) is 13.8 Å². The highest BCUT2D eigenvalue weighted by Gasteiger charge is 2.64. The van der Waals surface area contributed by atoms with E-state index in [-0.39, 0.29) is 11.6 Å². The first-order valence-corrected chi connectivity index (χ1v) is 12.8. The number of aromatic nitrogens is 2. The van der Waals surface area contributed by atoms with E-state index in [0.29, 0.717) is 10.8 Å². The number of alkyl halides is 1. The number of carboxylic acids is 1. The Labute approximate surface area is 215 Å². The summed E-state index contributed by atoms with van der Waals surface area (Å²) in [6, 6.07) is 11.4. The quantitative estimate of drug-likeness (QED) is 0.241. The first-order valence-electron chi connectivity index (χ1n) is 11.3. The molecule has 0 amide bonds. The van der Waals surface area contributed by atoms with Gasteiger partial charge in [0, 0.05) is 11.6 Å². The Morgan fingerprint density at radius 1 is 1.32 bits per heavy atom. The molecule has 4 rings (SSSR count). The molecule has 0 spiro atoms. The fourth-order valence-corrected chi connectivity index (χ4v) is 5.49. The second-order valence-corrected chi connectivity index (χ2v) is 10.6. The van der Waals surface area contributed by atoms with Gasteiger partial charge in [-0.2, -0.15) is 10.1 Å². The van der Waals surface area contributed by atoms with Crippen molar-refractivity contribution in [2.75, 3.05) is 12.3 Å². The monoisotopic (exact) mass is 552 g/mol. The van der Waals surface area contributed by atoms with Crippen molar-refractivity contribution in [2.24, 2.45) is 0 Å². The van der Waals surface area contributed by atoms with Crippen LogP contribution >= 0.6 is 7.75 Å². The molecule has 1 aliphatic rings. The number of fused-ring (bicyclic) bond motifs is 1. The first kappa shape index (κ1) is 27.6. The molecule has 1 aliphatic heterocycles. The highest BCUT2D eigenvalue weighted by atomic mass is 31.2. The maximum atomic E-state index is 15.9. The lowest BCUT2D eigenvalue weighted by Gasteiger charge is -2.29. The van der Waals surface area contributed by atoms with Crippen LogP contribution in [0.15, 0.2) is 59.5 Å². The molecule has 0 saturated carbocycles. The molecule has 204 valence electrons. The van der Waals surface area contributed by atoms with Crippen LogP contribution in [0.4, 0.5) is 10.2 Å². The summed E-state index contributed by atoms with van der Waals surface area (Å²) in [7, 11) is -4.67. The molecule has 3 aromatic rings. The Morgan fingerprint density at radius 2 is 2.00 bits per heavy atom. The second kappa shape index (κ2) is 10.1. The number of nitrogens with two attached hydrogens (primary N) is 1. The SMILES string of the molecule is C[C@H](NP(=O)(OC[C@@]1(F)O[C@@H](n2ccc(N)nc2=O)[C@](C)(O)[C@@H]1O)Oc1cccc2ccccc12)C(=O)O. The molecular formula is C23H26FN4O9P. The Hall–Kier alpha value is -3.39. The largest absolute Gasteiger partial charge is 0.480 e. The van der Waals surface area contributed by atoms with Crippen LogP contribution in [0.1, 0.15) is 20.1 Å². The number of aliphatic hydroxyl groups excluding tert-OH is 1. The van der Waals surface area contributed by atoms with Crippen LogP contribution in [0.5, 0.6) is 5.75 Å². The van der Waals surface area contributed by atoms with E-state index >= 15 is 4.39 Å². The van der Waals surface area contributed by atoms with Gasteiger partial charge in [-0.15, -0.1) is 0 Å². The lowest BCUT2D eigenvalue weighted by molar-refractivity contribution is -0.203. The number of benzene rings is 2. The van der Waals surface area contributed by atoms with E-state index in [1.807, 2.05) is 0 Å². The molecular weight excluding hydrogens is 526 g/mol. The van der Waals surface area contributed by atoms with E-state index in [4.69, 9.17) is 19.5 Å². The smallest absolute Gasteiger partial charge is 0.459 e. The predicted molar refractivity (Wildman–Crippen MR) is 132 cm³/mol.